The van der Waals surface area contributed by atoms with E-state index < -0.39 is 5.41 Å². The monoisotopic (exact) mass is 820 g/mol. The fraction of sp³-hybridized carbons (Fsp3) is 0.649. The molecule has 57 heavy (non-hydrogen) atoms. The van der Waals surface area contributed by atoms with Crippen LogP contribution in [-0.2, 0) is 48.1 Å². The Balaban J connectivity index is 0.959. The molecule has 2 aliphatic heterocycles. The molecule has 2 aliphatic rings. The average Bonchev–Trinajstić information content (AvgIpc) is 3.44. The van der Waals surface area contributed by atoms with Crippen molar-refractivity contribution in [2.24, 2.45) is 15.9 Å². The summed E-state index contributed by atoms with van der Waals surface area (Å²) in [6.07, 6.45) is 8.27. The van der Waals surface area contributed by atoms with E-state index in [9.17, 15) is 4.79 Å². The largest absolute Gasteiger partial charge is 0.383 e. The number of hydrogen-bond donors (Lipinski definition) is 3. The van der Waals surface area contributed by atoms with Crippen LogP contribution in [0.5, 0.6) is 0 Å². The Morgan fingerprint density at radius 2 is 1.46 bits per heavy atom. The number of aliphatic imine (C=N–C) groups is 1. The van der Waals surface area contributed by atoms with Gasteiger partial charge in [0.05, 0.1) is 117 Å². The van der Waals surface area contributed by atoms with Gasteiger partial charge in [0, 0.05) is 56.6 Å². The second-order valence-electron chi connectivity index (χ2n) is 12.9. The summed E-state index contributed by atoms with van der Waals surface area (Å²) in [6.45, 7) is 10.9. The third-order valence-electron chi connectivity index (χ3n) is 8.91. The maximum absolute atomic E-state index is 13.8. The van der Waals surface area contributed by atoms with Crippen LogP contribution < -0.4 is 21.4 Å². The number of rotatable bonds is 32. The first kappa shape index (κ1) is 45.8. The normalized spacial score (nSPS) is 14.9. The van der Waals surface area contributed by atoms with Crippen LogP contribution in [-0.4, -0.2) is 171 Å². The second-order valence-corrected chi connectivity index (χ2v) is 13.2. The Labute approximate surface area is 338 Å². The van der Waals surface area contributed by atoms with E-state index in [2.05, 4.69) is 32.0 Å². The maximum atomic E-state index is 13.8. The van der Waals surface area contributed by atoms with Crippen molar-refractivity contribution in [3.63, 3.8) is 0 Å². The smallest absolute Gasteiger partial charge is 0.241 e. The first-order valence-electron chi connectivity index (χ1n) is 19.2. The molecule has 1 spiro atoms. The molecule has 4 rings (SSSR count). The number of amides is 1. The number of nitrogen functional groups attached to an aromatic ring is 1. The van der Waals surface area contributed by atoms with E-state index in [1.54, 1.807) is 23.5 Å². The lowest BCUT2D eigenvalue weighted by Crippen LogP contribution is -2.64. The van der Waals surface area contributed by atoms with Gasteiger partial charge in [0.1, 0.15) is 22.8 Å². The summed E-state index contributed by atoms with van der Waals surface area (Å²) in [5.74, 6) is 5.95. The lowest BCUT2D eigenvalue weighted by atomic mass is 9.75. The first-order chi connectivity index (χ1) is 27.9. The number of halogens is 1. The molecule has 0 saturated carbocycles. The molecule has 0 unspecified atom stereocenters. The number of nitrogens with two attached hydrogens (primary N) is 2. The van der Waals surface area contributed by atoms with Gasteiger partial charge in [-0.15, -0.1) is 0 Å². The minimum absolute atomic E-state index is 0.0188. The molecule has 316 valence electrons. The molecular weight excluding hydrogens is 764 g/mol. The molecule has 0 aromatic carbocycles. The zero-order valence-corrected chi connectivity index (χ0v) is 33.5. The van der Waals surface area contributed by atoms with E-state index in [0.29, 0.717) is 136 Å². The van der Waals surface area contributed by atoms with Crippen molar-refractivity contribution in [2.45, 2.75) is 25.2 Å². The van der Waals surface area contributed by atoms with Crippen molar-refractivity contribution < 1.29 is 42.7 Å². The molecular formula is C37H57ClN10O9. The van der Waals surface area contributed by atoms with Gasteiger partial charge in [-0.25, -0.2) is 4.98 Å². The van der Waals surface area contributed by atoms with E-state index in [-0.39, 0.29) is 23.6 Å². The molecule has 5 N–H and O–H groups in total. The van der Waals surface area contributed by atoms with E-state index in [0.717, 1.165) is 36.9 Å². The summed E-state index contributed by atoms with van der Waals surface area (Å²) in [6, 6.07) is 1.84. The number of hydrogen-bond acceptors (Lipinski definition) is 18. The average molecular weight is 821 g/mol. The highest BCUT2D eigenvalue weighted by Gasteiger charge is 2.58. The number of carbonyl (C=O) groups is 1. The van der Waals surface area contributed by atoms with Crippen molar-refractivity contribution in [3.05, 3.63) is 34.9 Å². The van der Waals surface area contributed by atoms with Crippen molar-refractivity contribution >= 4 is 53.0 Å². The molecule has 2 aromatic rings. The summed E-state index contributed by atoms with van der Waals surface area (Å²) in [4.78, 5) is 34.1. The van der Waals surface area contributed by atoms with E-state index in [1.807, 2.05) is 11.0 Å². The molecule has 20 heteroatoms. The quantitative estimate of drug-likeness (QED) is 0.0312. The molecule has 1 amide bonds. The number of unbranched alkanes of at least 4 members (excludes halogenated alkanes) is 1. The van der Waals surface area contributed by atoms with Crippen LogP contribution in [0.4, 0.5) is 17.3 Å². The topological polar surface area (TPSA) is 237 Å². The van der Waals surface area contributed by atoms with Gasteiger partial charge in [-0.1, -0.05) is 13.3 Å². The number of hydrazone groups is 1. The zero-order chi connectivity index (χ0) is 40.6. The molecule has 0 radical (unpaired) electrons. The number of aromatic nitrogens is 3. The Bertz CT molecular complexity index is 1570. The third kappa shape index (κ3) is 14.4. The van der Waals surface area contributed by atoms with Crippen molar-refractivity contribution in [1.29, 1.82) is 5.41 Å². The van der Waals surface area contributed by atoms with Crippen LogP contribution in [0.15, 0.2) is 28.6 Å². The fourth-order valence-electron chi connectivity index (χ4n) is 5.98. The molecule has 0 bridgehead atoms. The summed E-state index contributed by atoms with van der Waals surface area (Å²) in [5.41, 5.74) is 7.69. The lowest BCUT2D eigenvalue weighted by molar-refractivity contribution is -0.124. The summed E-state index contributed by atoms with van der Waals surface area (Å²) < 4.78 is 44.4. The van der Waals surface area contributed by atoms with Crippen molar-refractivity contribution in [2.75, 3.05) is 147 Å². The van der Waals surface area contributed by atoms with Gasteiger partial charge in [-0.05, 0) is 24.1 Å². The number of pyridine rings is 1. The van der Waals surface area contributed by atoms with Crippen LogP contribution in [0.25, 0.3) is 0 Å². The lowest BCUT2D eigenvalue weighted by Gasteiger charge is -2.47. The summed E-state index contributed by atoms with van der Waals surface area (Å²) in [5, 5.41) is 11.4. The Kier molecular flexibility index (Phi) is 21.0. The molecule has 1 saturated heterocycles. The predicted molar refractivity (Wildman–Crippen MR) is 216 cm³/mol. The predicted octanol–water partition coefficient (Wildman–Crippen LogP) is 1.53. The fourth-order valence-corrected chi connectivity index (χ4v) is 6.15. The van der Waals surface area contributed by atoms with Crippen LogP contribution in [0.3, 0.4) is 0 Å². The van der Waals surface area contributed by atoms with Gasteiger partial charge in [-0.3, -0.25) is 14.8 Å². The highest BCUT2D eigenvalue weighted by atomic mass is 35.5. The molecule has 2 aromatic heterocycles. The molecule has 4 heterocycles. The van der Waals surface area contributed by atoms with E-state index in [1.165, 1.54) is 0 Å². The van der Waals surface area contributed by atoms with Gasteiger partial charge < -0.3 is 64.7 Å². The van der Waals surface area contributed by atoms with Gasteiger partial charge in [0.15, 0.2) is 0 Å². The van der Waals surface area contributed by atoms with Gasteiger partial charge >= 0.3 is 0 Å². The van der Waals surface area contributed by atoms with Crippen LogP contribution in [0.2, 0.25) is 5.28 Å². The Morgan fingerprint density at radius 1 is 0.877 bits per heavy atom. The minimum atomic E-state index is -0.787. The number of nitrogens with one attached hydrogen (secondary N) is 1. The number of ether oxygens (including phenoxy) is 8. The van der Waals surface area contributed by atoms with Crippen molar-refractivity contribution in [3.8, 4) is 0 Å². The van der Waals surface area contributed by atoms with Crippen LogP contribution >= 0.6 is 11.6 Å². The number of fused-ring (bicyclic) bond motifs is 2. The number of anilines is 3. The summed E-state index contributed by atoms with van der Waals surface area (Å²) in [7, 11) is 0. The Morgan fingerprint density at radius 3 is 2.05 bits per heavy atom. The first-order valence-corrected chi connectivity index (χ1v) is 19.6. The minimum Gasteiger partial charge on any atom is -0.383 e. The molecule has 0 atom stereocenters. The van der Waals surface area contributed by atoms with Gasteiger partial charge in [0.2, 0.25) is 11.2 Å². The SMILES string of the molecule is CCCCOCCOCCOCCOCCN=C/C(COCCOCCOCCOCCN1C(=O)C2(CN(c3nc(Cl)nc(N)c3C=N)C2)c2cnccc21)=N\N. The van der Waals surface area contributed by atoms with Gasteiger partial charge in [-0.2, -0.15) is 10.1 Å². The summed E-state index contributed by atoms with van der Waals surface area (Å²) >= 11 is 6.05. The maximum Gasteiger partial charge on any atom is 0.241 e. The third-order valence-corrected chi connectivity index (χ3v) is 9.08. The number of carbonyl (C=O) groups excluding carboxylic acids is 1. The highest BCUT2D eigenvalue weighted by molar-refractivity contribution is 6.31. The van der Waals surface area contributed by atoms with E-state index in [4.69, 9.17) is 66.5 Å². The van der Waals surface area contributed by atoms with Crippen LogP contribution in [0, 0.1) is 5.41 Å². The second kappa shape index (κ2) is 26.2. The highest BCUT2D eigenvalue weighted by Crippen LogP contribution is 2.48. The van der Waals surface area contributed by atoms with E-state index >= 15 is 0 Å². The van der Waals surface area contributed by atoms with Crippen molar-refractivity contribution in [1.82, 2.24) is 15.0 Å². The number of nitrogens with zero attached hydrogens (tertiary/aromatic N) is 7. The molecule has 1 fully saturated rings. The van der Waals surface area contributed by atoms with Crippen LogP contribution in [0.1, 0.15) is 30.9 Å². The zero-order valence-electron chi connectivity index (χ0n) is 32.8. The van der Waals surface area contributed by atoms with Gasteiger partial charge in [0.25, 0.3) is 0 Å². The molecule has 19 nitrogen and oxygen atoms in total. The Hall–Kier alpha value is -3.92. The standard InChI is InChI=1S/C37H57ClN10O9/c1-2-3-8-50-11-14-53-17-18-54-15-12-51-9-6-43-24-29(46-41)26-57-22-21-56-20-19-55-16-13-52-10-7-48-32-4-5-42-25-31(32)37(35(48)49)27-47(28-37)34-30(23-39)33(40)44-36(38)45-34/h4-5,23-25,39H,2-3,6-22,26-28,41H2,1H3,(H2,40,44,45)/b39-23?,43-24?,46-29+. The molecule has 0 aliphatic carbocycles.